The van der Waals surface area contributed by atoms with Gasteiger partial charge in [0.25, 0.3) is 13.0 Å². The molecule has 2 aliphatic rings. The first-order chi connectivity index (χ1) is 33.9. The van der Waals surface area contributed by atoms with E-state index in [1.54, 1.807) is 0 Å². The molecule has 3 aromatic heterocycles. The van der Waals surface area contributed by atoms with Gasteiger partial charge in [0.1, 0.15) is 40.3 Å². The molecule has 0 radical (unpaired) electrons. The van der Waals surface area contributed by atoms with Gasteiger partial charge in [-0.2, -0.15) is 0 Å². The average molecular weight is 909 g/mol. The normalized spacial score (nSPS) is 12.9. The Morgan fingerprint density at radius 3 is 1.97 bits per heavy atom. The van der Waals surface area contributed by atoms with E-state index >= 15 is 0 Å². The van der Waals surface area contributed by atoms with Crippen LogP contribution < -0.4 is 35.2 Å². The third-order valence-corrected chi connectivity index (χ3v) is 14.0. The van der Waals surface area contributed by atoms with Gasteiger partial charge in [-0.3, -0.25) is 13.7 Å². The summed E-state index contributed by atoms with van der Waals surface area (Å²) in [5, 5.41) is 2.19. The van der Waals surface area contributed by atoms with Crippen LogP contribution in [0.25, 0.3) is 61.2 Å². The highest BCUT2D eigenvalue weighted by molar-refractivity contribution is 6.98. The molecule has 70 heavy (non-hydrogen) atoms. The van der Waals surface area contributed by atoms with Crippen LogP contribution in [0.1, 0.15) is 52.7 Å². The minimum atomic E-state index is -0.0714. The van der Waals surface area contributed by atoms with Gasteiger partial charge in [-0.25, -0.2) is 4.98 Å². The summed E-state index contributed by atoms with van der Waals surface area (Å²) < 4.78 is 26.7. The smallest absolute Gasteiger partial charge is 0.269 e. The maximum Gasteiger partial charge on any atom is 0.269 e. The van der Waals surface area contributed by atoms with Crippen molar-refractivity contribution in [3.05, 3.63) is 206 Å². The third kappa shape index (κ3) is 6.88. The number of ether oxygens (including phenoxy) is 3. The standard InChI is InChI=1S/C62H49BN4O3/c1-61(2,3)41-15-13-16-43(34-41)65-38-66(53-22-10-9-21-52(53)65)44-17-14-18-45(36-44)68-46-26-27-47-48-31-39(25-28-51(48)67(54(47)37-46)59-35-42(29-30-64-59)62(4,5)6)40-32-57-60-58(33-40)70-56-24-12-8-20-50(56)63(60)49-19-7-11-23-55(49)69-57/h7-37H,1-6H3. The Kier molecular flexibility index (Phi) is 9.31. The topological polar surface area (TPSA) is 54.3 Å². The molecule has 0 saturated carbocycles. The summed E-state index contributed by atoms with van der Waals surface area (Å²) in [5.74, 6) is 5.65. The fourth-order valence-electron chi connectivity index (χ4n) is 10.4. The Bertz CT molecular complexity index is 3860. The molecule has 338 valence electrons. The zero-order chi connectivity index (χ0) is 47.5. The predicted octanol–water partition coefficient (Wildman–Crippen LogP) is 13.0. The Hall–Kier alpha value is -8.36. The van der Waals surface area contributed by atoms with Gasteiger partial charge in [-0.1, -0.05) is 126 Å². The number of imidazole rings is 1. The molecular weight excluding hydrogens is 860 g/mol. The van der Waals surface area contributed by atoms with Crippen LogP contribution in [-0.2, 0) is 10.8 Å². The number of nitrogens with zero attached hydrogens (tertiary/aromatic N) is 4. The van der Waals surface area contributed by atoms with E-state index in [1.807, 2.05) is 30.5 Å². The predicted molar refractivity (Wildman–Crippen MR) is 283 cm³/mol. The average Bonchev–Trinajstić information content (AvgIpc) is 3.91. The summed E-state index contributed by atoms with van der Waals surface area (Å²) in [6.45, 7) is 13.5. The Labute approximate surface area is 407 Å². The molecule has 0 spiro atoms. The largest absolute Gasteiger partial charge is 0.458 e. The van der Waals surface area contributed by atoms with Crippen LogP contribution in [0.3, 0.4) is 0 Å². The number of hydrogen-bond acceptors (Lipinski definition) is 4. The second kappa shape index (κ2) is 15.6. The van der Waals surface area contributed by atoms with E-state index in [0.29, 0.717) is 0 Å². The van der Waals surface area contributed by atoms with E-state index in [4.69, 9.17) is 19.2 Å². The van der Waals surface area contributed by atoms with Crippen molar-refractivity contribution in [2.75, 3.05) is 0 Å². The Balaban J connectivity index is 0.912. The van der Waals surface area contributed by atoms with Crippen LogP contribution in [0.15, 0.2) is 188 Å². The first-order valence-electron chi connectivity index (χ1n) is 24.0. The Morgan fingerprint density at radius 2 is 1.21 bits per heavy atom. The van der Waals surface area contributed by atoms with Crippen LogP contribution in [0.2, 0.25) is 0 Å². The van der Waals surface area contributed by atoms with Crippen molar-refractivity contribution in [1.29, 1.82) is 0 Å². The van der Waals surface area contributed by atoms with Gasteiger partial charge in [0.05, 0.1) is 33.4 Å². The van der Waals surface area contributed by atoms with Crippen LogP contribution in [0, 0.1) is 6.33 Å². The van der Waals surface area contributed by atoms with E-state index < -0.39 is 0 Å². The molecule has 0 saturated heterocycles. The Morgan fingerprint density at radius 1 is 0.529 bits per heavy atom. The number of rotatable bonds is 6. The number of fused-ring (bicyclic) bond motifs is 8. The number of benzene rings is 8. The zero-order valence-corrected chi connectivity index (χ0v) is 40.0. The van der Waals surface area contributed by atoms with E-state index in [-0.39, 0.29) is 17.5 Å². The van der Waals surface area contributed by atoms with Crippen LogP contribution >= 0.6 is 0 Å². The molecule has 0 fully saturated rings. The molecule has 8 aromatic carbocycles. The monoisotopic (exact) mass is 908 g/mol. The van der Waals surface area contributed by atoms with Crippen molar-refractivity contribution in [2.45, 2.75) is 52.4 Å². The lowest BCUT2D eigenvalue weighted by atomic mass is 9.35. The van der Waals surface area contributed by atoms with Gasteiger partial charge < -0.3 is 14.2 Å². The highest BCUT2D eigenvalue weighted by atomic mass is 16.5. The van der Waals surface area contributed by atoms with Crippen molar-refractivity contribution in [3.63, 3.8) is 0 Å². The minimum absolute atomic E-state index is 0.0179. The maximum atomic E-state index is 6.81. The summed E-state index contributed by atoms with van der Waals surface area (Å²) in [7, 11) is 0. The lowest BCUT2D eigenvalue weighted by Crippen LogP contribution is -2.57. The molecular formula is C62H49BN4O3. The number of para-hydroxylation sites is 4. The molecule has 11 aromatic rings. The van der Waals surface area contributed by atoms with Gasteiger partial charge in [-0.05, 0) is 135 Å². The van der Waals surface area contributed by atoms with E-state index in [1.165, 1.54) is 11.1 Å². The quantitative estimate of drug-likeness (QED) is 0.0947. The first-order valence-corrected chi connectivity index (χ1v) is 24.0. The fourth-order valence-corrected chi connectivity index (χ4v) is 10.4. The highest BCUT2D eigenvalue weighted by Gasteiger charge is 2.40. The zero-order valence-electron chi connectivity index (χ0n) is 40.0. The summed E-state index contributed by atoms with van der Waals surface area (Å²) in [5.41, 5.74) is 14.0. The van der Waals surface area contributed by atoms with Gasteiger partial charge >= 0.3 is 0 Å². The highest BCUT2D eigenvalue weighted by Crippen LogP contribution is 2.42. The first kappa shape index (κ1) is 41.8. The summed E-state index contributed by atoms with van der Waals surface area (Å²) in [6.07, 6.45) is 5.60. The third-order valence-electron chi connectivity index (χ3n) is 14.0. The second-order valence-corrected chi connectivity index (χ2v) is 20.7. The molecule has 0 unspecified atom stereocenters. The molecule has 2 aliphatic heterocycles. The SMILES string of the molecule is CC(C)(C)c1cccc(-[n+]2[c-]n(-c3cccc(Oc4ccc5c6cc(-c7cc8c9c(c7)Oc7ccccc7B9c7ccccc7O8)ccc6n(-c6cc(C(C)(C)C)ccn6)c5c4)c3)c3ccccc32)c1. The summed E-state index contributed by atoms with van der Waals surface area (Å²) in [4.78, 5) is 5.00. The van der Waals surface area contributed by atoms with Crippen molar-refractivity contribution in [3.8, 4) is 62.8 Å². The van der Waals surface area contributed by atoms with Crippen molar-refractivity contribution in [2.24, 2.45) is 0 Å². The molecule has 0 bridgehead atoms. The van der Waals surface area contributed by atoms with Crippen molar-refractivity contribution in [1.82, 2.24) is 14.1 Å². The van der Waals surface area contributed by atoms with Crippen LogP contribution in [0.4, 0.5) is 0 Å². The maximum absolute atomic E-state index is 6.81. The minimum Gasteiger partial charge on any atom is -0.458 e. The van der Waals surface area contributed by atoms with E-state index in [0.717, 1.165) is 112 Å². The molecule has 0 amide bonds. The second-order valence-electron chi connectivity index (χ2n) is 20.7. The molecule has 5 heterocycles. The van der Waals surface area contributed by atoms with Gasteiger partial charge in [0.15, 0.2) is 0 Å². The van der Waals surface area contributed by atoms with Crippen LogP contribution in [0.5, 0.6) is 34.5 Å². The van der Waals surface area contributed by atoms with Gasteiger partial charge in [0, 0.05) is 28.5 Å². The number of aromatic nitrogens is 4. The summed E-state index contributed by atoms with van der Waals surface area (Å²) in [6, 6.07) is 63.9. The van der Waals surface area contributed by atoms with E-state index in [2.05, 4.69) is 219 Å². The van der Waals surface area contributed by atoms with Gasteiger partial charge in [0.2, 0.25) is 0 Å². The molecule has 0 aliphatic carbocycles. The fraction of sp³-hybridized carbons (Fsp3) is 0.129. The van der Waals surface area contributed by atoms with Crippen LogP contribution in [-0.4, -0.2) is 20.8 Å². The molecule has 0 atom stereocenters. The number of pyridine rings is 1. The molecule has 13 rings (SSSR count). The van der Waals surface area contributed by atoms with Gasteiger partial charge in [-0.15, -0.1) is 0 Å². The van der Waals surface area contributed by atoms with Crippen molar-refractivity contribution < 1.29 is 18.8 Å². The molecule has 7 nitrogen and oxygen atoms in total. The van der Waals surface area contributed by atoms with Crippen molar-refractivity contribution >= 4 is 55.9 Å². The summed E-state index contributed by atoms with van der Waals surface area (Å²) >= 11 is 0. The number of hydrogen-bond donors (Lipinski definition) is 0. The lowest BCUT2D eigenvalue weighted by molar-refractivity contribution is -0.572. The lowest BCUT2D eigenvalue weighted by Gasteiger charge is -2.33. The molecule has 0 N–H and O–H groups in total. The van der Waals surface area contributed by atoms with E-state index in [9.17, 15) is 0 Å². The molecule has 8 heteroatoms.